The van der Waals surface area contributed by atoms with E-state index in [1.807, 2.05) is 49.4 Å². The molecule has 3 aromatic carbocycles. The van der Waals surface area contributed by atoms with Gasteiger partial charge in [0.05, 0.1) is 11.1 Å². The molecule has 1 aliphatic heterocycles. The number of aryl methyl sites for hydroxylation is 2. The highest BCUT2D eigenvalue weighted by Crippen LogP contribution is 2.37. The molecule has 1 atom stereocenters. The van der Waals surface area contributed by atoms with Gasteiger partial charge >= 0.3 is 5.97 Å². The largest absolute Gasteiger partial charge is 0.438 e. The van der Waals surface area contributed by atoms with Gasteiger partial charge in [-0.2, -0.15) is 0 Å². The Kier molecular flexibility index (Phi) is 6.31. The van der Waals surface area contributed by atoms with Crippen LogP contribution in [0.5, 0.6) is 0 Å². The van der Waals surface area contributed by atoms with Crippen molar-refractivity contribution in [2.45, 2.75) is 20.1 Å². The zero-order chi connectivity index (χ0) is 23.0. The molecule has 162 valence electrons. The molecule has 0 saturated carbocycles. The Labute approximate surface area is 202 Å². The molecule has 1 unspecified atom stereocenters. The van der Waals surface area contributed by atoms with Gasteiger partial charge in [-0.25, -0.2) is 4.79 Å². The smallest absolute Gasteiger partial charge is 0.341 e. The molecule has 32 heavy (non-hydrogen) atoms. The summed E-state index contributed by atoms with van der Waals surface area (Å²) in [4.78, 5) is 28.5. The van der Waals surface area contributed by atoms with Crippen LogP contribution in [0.1, 0.15) is 27.0 Å². The Balaban J connectivity index is 1.93. The summed E-state index contributed by atoms with van der Waals surface area (Å²) in [5.41, 5.74) is 6.15. The average molecular weight is 537 g/mol. The number of ether oxygens (including phenoxy) is 1. The topological polar surface area (TPSA) is 46.6 Å². The Morgan fingerprint density at radius 1 is 0.906 bits per heavy atom. The molecule has 0 fully saturated rings. The number of halogens is 1. The van der Waals surface area contributed by atoms with Crippen molar-refractivity contribution in [1.82, 2.24) is 4.90 Å². The second kappa shape index (κ2) is 9.00. The summed E-state index contributed by atoms with van der Waals surface area (Å²) in [6, 6.07) is 21.5. The van der Waals surface area contributed by atoms with Gasteiger partial charge in [0.2, 0.25) is 0 Å². The van der Waals surface area contributed by atoms with Crippen molar-refractivity contribution in [3.05, 3.63) is 98.1 Å². The molecule has 0 radical (unpaired) electrons. The van der Waals surface area contributed by atoms with Crippen LogP contribution in [0.3, 0.4) is 0 Å². The normalized spacial score (nSPS) is 15.9. The fraction of sp³-hybridized carbons (Fsp3) is 0.185. The predicted octanol–water partition coefficient (Wildman–Crippen LogP) is 5.66. The van der Waals surface area contributed by atoms with Crippen LogP contribution in [0.4, 0.5) is 0 Å². The Hall–Kier alpha value is -2.77. The van der Waals surface area contributed by atoms with Crippen LogP contribution in [0, 0.1) is 17.4 Å². The minimum absolute atomic E-state index is 0.193. The minimum Gasteiger partial charge on any atom is -0.438 e. The number of likely N-dealkylation sites (N-methyl/N-ethyl adjacent to an activating group) is 1. The molecule has 4 rings (SSSR count). The van der Waals surface area contributed by atoms with E-state index < -0.39 is 12.2 Å². The van der Waals surface area contributed by atoms with Crippen LogP contribution in [-0.4, -0.2) is 37.0 Å². The van der Waals surface area contributed by atoms with E-state index in [4.69, 9.17) is 4.74 Å². The van der Waals surface area contributed by atoms with Crippen LogP contribution in [0.2, 0.25) is 0 Å². The molecule has 5 heteroatoms. The number of hydrogen-bond acceptors (Lipinski definition) is 4. The lowest BCUT2D eigenvalue weighted by atomic mass is 9.89. The van der Waals surface area contributed by atoms with E-state index >= 15 is 0 Å². The minimum atomic E-state index is -0.731. The highest BCUT2D eigenvalue weighted by Gasteiger charge is 2.40. The van der Waals surface area contributed by atoms with Gasteiger partial charge < -0.3 is 4.74 Å². The van der Waals surface area contributed by atoms with Crippen molar-refractivity contribution in [3.63, 3.8) is 0 Å². The molecule has 0 amide bonds. The monoisotopic (exact) mass is 537 g/mol. The van der Waals surface area contributed by atoms with E-state index in [1.165, 1.54) is 0 Å². The summed E-state index contributed by atoms with van der Waals surface area (Å²) in [6.07, 6.45) is -0.731. The second-order valence-corrected chi connectivity index (χ2v) is 9.44. The van der Waals surface area contributed by atoms with Gasteiger partial charge in [0, 0.05) is 9.13 Å². The average Bonchev–Trinajstić information content (AvgIpc) is 3.12. The lowest BCUT2D eigenvalue weighted by Gasteiger charge is -2.20. The number of carbonyl (C=O) groups is 2. The van der Waals surface area contributed by atoms with Crippen LogP contribution < -0.4 is 0 Å². The highest BCUT2D eigenvalue weighted by atomic mass is 127. The van der Waals surface area contributed by atoms with E-state index in [0.29, 0.717) is 16.7 Å². The number of benzene rings is 3. The maximum atomic E-state index is 13.6. The number of carbonyl (C=O) groups excluding carboxylic acids is 2. The first kappa shape index (κ1) is 22.4. The third kappa shape index (κ3) is 4.14. The molecule has 0 spiro atoms. The molecule has 4 nitrogen and oxygen atoms in total. The highest BCUT2D eigenvalue weighted by molar-refractivity contribution is 14.1. The van der Waals surface area contributed by atoms with Gasteiger partial charge in [0.1, 0.15) is 0 Å². The van der Waals surface area contributed by atoms with Crippen LogP contribution in [0.25, 0.3) is 16.7 Å². The SMILES string of the molecule is Cc1ccc(-c2ccccc2C)cc1C1=C(C(=O)c2ccc(I)cc2)C(N(C)C)OC1=O. The van der Waals surface area contributed by atoms with Gasteiger partial charge in [-0.1, -0.05) is 48.5 Å². The van der Waals surface area contributed by atoms with E-state index in [-0.39, 0.29) is 5.78 Å². The summed E-state index contributed by atoms with van der Waals surface area (Å²) in [6.45, 7) is 4.01. The van der Waals surface area contributed by atoms with E-state index in [1.54, 1.807) is 31.1 Å². The standard InChI is InChI=1S/C27H24INO3/c1-16-7-5-6-8-21(16)19-10-9-17(2)22(15-19)23-24(26(29(3)4)32-27(23)31)25(30)18-11-13-20(28)14-12-18/h5-15,26H,1-4H3. The third-order valence-electron chi connectivity index (χ3n) is 5.72. The number of nitrogens with zero attached hydrogens (tertiary/aromatic N) is 1. The van der Waals surface area contributed by atoms with Gasteiger partial charge in [0.15, 0.2) is 12.0 Å². The van der Waals surface area contributed by atoms with Gasteiger partial charge in [-0.05, 0) is 96.6 Å². The molecule has 0 aliphatic carbocycles. The van der Waals surface area contributed by atoms with E-state index in [9.17, 15) is 9.59 Å². The van der Waals surface area contributed by atoms with Crippen LogP contribution >= 0.6 is 22.6 Å². The van der Waals surface area contributed by atoms with Crippen molar-refractivity contribution in [2.24, 2.45) is 0 Å². The van der Waals surface area contributed by atoms with Crippen LogP contribution in [-0.2, 0) is 9.53 Å². The maximum Gasteiger partial charge on any atom is 0.341 e. The van der Waals surface area contributed by atoms with Gasteiger partial charge in [-0.15, -0.1) is 0 Å². The molecule has 0 saturated heterocycles. The van der Waals surface area contributed by atoms with Crippen molar-refractivity contribution in [1.29, 1.82) is 0 Å². The number of esters is 1. The first-order chi connectivity index (χ1) is 15.3. The lowest BCUT2D eigenvalue weighted by molar-refractivity contribution is -0.143. The number of hydrogen-bond donors (Lipinski definition) is 0. The molecular weight excluding hydrogens is 513 g/mol. The molecular formula is C27H24INO3. The molecule has 0 bridgehead atoms. The Morgan fingerprint density at radius 2 is 1.56 bits per heavy atom. The fourth-order valence-electron chi connectivity index (χ4n) is 4.01. The first-order valence-corrected chi connectivity index (χ1v) is 11.4. The summed E-state index contributed by atoms with van der Waals surface area (Å²) >= 11 is 2.21. The zero-order valence-electron chi connectivity index (χ0n) is 18.5. The molecule has 0 N–H and O–H groups in total. The Morgan fingerprint density at radius 3 is 2.22 bits per heavy atom. The molecule has 3 aromatic rings. The molecule has 1 aliphatic rings. The van der Waals surface area contributed by atoms with Crippen molar-refractivity contribution in [2.75, 3.05) is 14.1 Å². The maximum absolute atomic E-state index is 13.6. The van der Waals surface area contributed by atoms with E-state index in [2.05, 4.69) is 41.6 Å². The van der Waals surface area contributed by atoms with E-state index in [0.717, 1.165) is 31.4 Å². The zero-order valence-corrected chi connectivity index (χ0v) is 20.6. The third-order valence-corrected chi connectivity index (χ3v) is 6.44. The van der Waals surface area contributed by atoms with Gasteiger partial charge in [0.25, 0.3) is 0 Å². The summed E-state index contributed by atoms with van der Waals surface area (Å²) in [5.74, 6) is -0.663. The van der Waals surface area contributed by atoms with Crippen molar-refractivity contribution in [3.8, 4) is 11.1 Å². The van der Waals surface area contributed by atoms with Crippen LogP contribution in [0.15, 0.2) is 72.3 Å². The summed E-state index contributed by atoms with van der Waals surface area (Å²) < 4.78 is 6.72. The summed E-state index contributed by atoms with van der Waals surface area (Å²) in [5, 5.41) is 0. The van der Waals surface area contributed by atoms with Crippen molar-refractivity contribution >= 4 is 39.9 Å². The summed E-state index contributed by atoms with van der Waals surface area (Å²) in [7, 11) is 3.61. The Bertz CT molecular complexity index is 1240. The number of rotatable bonds is 5. The predicted molar refractivity (Wildman–Crippen MR) is 135 cm³/mol. The fourth-order valence-corrected chi connectivity index (χ4v) is 4.37. The van der Waals surface area contributed by atoms with Gasteiger partial charge in [-0.3, -0.25) is 9.69 Å². The lowest BCUT2D eigenvalue weighted by Crippen LogP contribution is -2.32. The first-order valence-electron chi connectivity index (χ1n) is 10.4. The number of Topliss-reactive ketones (excluding diaryl/α,β-unsaturated/α-hetero) is 1. The number of ketones is 1. The molecule has 1 heterocycles. The molecule has 0 aromatic heterocycles. The second-order valence-electron chi connectivity index (χ2n) is 8.19. The number of cyclic esters (lactones) is 1. The van der Waals surface area contributed by atoms with Crippen molar-refractivity contribution < 1.29 is 14.3 Å². The quantitative estimate of drug-likeness (QED) is 0.240.